The topological polar surface area (TPSA) is 3.24 Å². The molecule has 0 amide bonds. The van der Waals surface area contributed by atoms with Crippen molar-refractivity contribution in [2.24, 2.45) is 0 Å². The molecule has 0 radical (unpaired) electrons. The molecule has 1 nitrogen and oxygen atoms in total. The van der Waals surface area contributed by atoms with Crippen LogP contribution in [0.15, 0.2) is 212 Å². The highest BCUT2D eigenvalue weighted by Gasteiger charge is 2.46. The van der Waals surface area contributed by atoms with Gasteiger partial charge in [0.1, 0.15) is 0 Å². The maximum absolute atomic E-state index is 2.44. The zero-order valence-electron chi connectivity index (χ0n) is 28.7. The van der Waals surface area contributed by atoms with Crippen LogP contribution in [0.25, 0.3) is 43.8 Å². The van der Waals surface area contributed by atoms with Crippen LogP contribution in [-0.2, 0) is 5.41 Å². The van der Waals surface area contributed by atoms with Gasteiger partial charge in [-0.3, -0.25) is 0 Å². The van der Waals surface area contributed by atoms with Gasteiger partial charge in [0.2, 0.25) is 0 Å². The van der Waals surface area contributed by atoms with Gasteiger partial charge in [0.05, 0.1) is 5.41 Å². The Labute approximate surface area is 304 Å². The van der Waals surface area contributed by atoms with Crippen molar-refractivity contribution in [3.8, 4) is 22.3 Å². The SMILES string of the molecule is c1ccc(-c2ccc(N(c3ccc4c(c3)-c3c(ccc5ccccc35)C4(c3ccccc3)c3ccccc3)c3ccc4ccccc4c3)cc2)cc1. The second kappa shape index (κ2) is 12.3. The summed E-state index contributed by atoms with van der Waals surface area (Å²) >= 11 is 0. The molecule has 10 rings (SSSR count). The lowest BCUT2D eigenvalue weighted by molar-refractivity contribution is 0.769. The maximum Gasteiger partial charge on any atom is 0.0713 e. The van der Waals surface area contributed by atoms with Crippen molar-refractivity contribution in [2.45, 2.75) is 5.41 Å². The molecule has 0 unspecified atom stereocenters. The quantitative estimate of drug-likeness (QED) is 0.171. The van der Waals surface area contributed by atoms with Crippen LogP contribution >= 0.6 is 0 Å². The van der Waals surface area contributed by atoms with Gasteiger partial charge in [-0.05, 0) is 102 Å². The summed E-state index contributed by atoms with van der Waals surface area (Å²) in [5.41, 5.74) is 13.0. The zero-order valence-corrected chi connectivity index (χ0v) is 28.7. The highest BCUT2D eigenvalue weighted by molar-refractivity contribution is 6.05. The van der Waals surface area contributed by atoms with Crippen LogP contribution in [0.1, 0.15) is 22.3 Å². The van der Waals surface area contributed by atoms with Gasteiger partial charge in [-0.15, -0.1) is 0 Å². The Bertz CT molecular complexity index is 2670. The van der Waals surface area contributed by atoms with Gasteiger partial charge in [0, 0.05) is 17.1 Å². The highest BCUT2D eigenvalue weighted by Crippen LogP contribution is 2.58. The van der Waals surface area contributed by atoms with Crippen LogP contribution in [0, 0.1) is 0 Å². The third kappa shape index (κ3) is 4.71. The Kier molecular flexibility index (Phi) is 7.11. The van der Waals surface area contributed by atoms with Gasteiger partial charge in [-0.1, -0.05) is 176 Å². The normalized spacial score (nSPS) is 12.8. The molecule has 1 aliphatic rings. The summed E-state index contributed by atoms with van der Waals surface area (Å²) in [7, 11) is 0. The predicted molar refractivity (Wildman–Crippen MR) is 219 cm³/mol. The lowest BCUT2D eigenvalue weighted by Gasteiger charge is -2.34. The van der Waals surface area contributed by atoms with Crippen molar-refractivity contribution in [1.29, 1.82) is 0 Å². The van der Waals surface area contributed by atoms with E-state index in [4.69, 9.17) is 0 Å². The van der Waals surface area contributed by atoms with Crippen LogP contribution in [0.4, 0.5) is 17.1 Å². The Morgan fingerprint density at radius 2 is 0.827 bits per heavy atom. The molecule has 0 aliphatic heterocycles. The largest absolute Gasteiger partial charge is 0.310 e. The number of hydrogen-bond acceptors (Lipinski definition) is 1. The van der Waals surface area contributed by atoms with Gasteiger partial charge >= 0.3 is 0 Å². The number of fused-ring (bicyclic) bond motifs is 6. The Balaban J connectivity index is 1.24. The molecule has 0 saturated carbocycles. The summed E-state index contributed by atoms with van der Waals surface area (Å²) in [6.45, 7) is 0. The third-order valence-corrected chi connectivity index (χ3v) is 10.9. The van der Waals surface area contributed by atoms with Crippen molar-refractivity contribution >= 4 is 38.6 Å². The minimum atomic E-state index is -0.471. The Morgan fingerprint density at radius 3 is 1.54 bits per heavy atom. The molecule has 0 saturated heterocycles. The van der Waals surface area contributed by atoms with Crippen molar-refractivity contribution < 1.29 is 0 Å². The first kappa shape index (κ1) is 30.2. The fourth-order valence-corrected chi connectivity index (χ4v) is 8.59. The molecular formula is C51H35N. The lowest BCUT2D eigenvalue weighted by atomic mass is 9.67. The molecule has 9 aromatic rings. The summed E-state index contributed by atoms with van der Waals surface area (Å²) in [6.07, 6.45) is 0. The molecule has 0 fully saturated rings. The van der Waals surface area contributed by atoms with E-state index in [0.29, 0.717) is 0 Å². The number of hydrogen-bond donors (Lipinski definition) is 0. The number of rotatable bonds is 6. The van der Waals surface area contributed by atoms with Crippen LogP contribution in [0.5, 0.6) is 0 Å². The van der Waals surface area contributed by atoms with Crippen molar-refractivity contribution in [3.63, 3.8) is 0 Å². The van der Waals surface area contributed by atoms with Crippen LogP contribution in [0.2, 0.25) is 0 Å². The highest BCUT2D eigenvalue weighted by atomic mass is 15.1. The van der Waals surface area contributed by atoms with E-state index >= 15 is 0 Å². The molecule has 0 heterocycles. The molecule has 244 valence electrons. The molecule has 0 spiro atoms. The Hall–Kier alpha value is -6.70. The number of anilines is 3. The minimum absolute atomic E-state index is 0.471. The van der Waals surface area contributed by atoms with E-state index in [-0.39, 0.29) is 0 Å². The summed E-state index contributed by atoms with van der Waals surface area (Å²) in [4.78, 5) is 2.41. The second-order valence-corrected chi connectivity index (χ2v) is 13.7. The van der Waals surface area contributed by atoms with E-state index in [1.54, 1.807) is 0 Å². The Morgan fingerprint density at radius 1 is 0.327 bits per heavy atom. The molecule has 52 heavy (non-hydrogen) atoms. The van der Waals surface area contributed by atoms with Crippen LogP contribution in [0.3, 0.4) is 0 Å². The smallest absolute Gasteiger partial charge is 0.0713 e. The zero-order chi connectivity index (χ0) is 34.5. The van der Waals surface area contributed by atoms with Gasteiger partial charge in [-0.25, -0.2) is 0 Å². The summed E-state index contributed by atoms with van der Waals surface area (Å²) in [5.74, 6) is 0. The van der Waals surface area contributed by atoms with Gasteiger partial charge in [0.25, 0.3) is 0 Å². The molecule has 1 aliphatic carbocycles. The van der Waals surface area contributed by atoms with Crippen LogP contribution < -0.4 is 4.90 Å². The van der Waals surface area contributed by atoms with Crippen molar-refractivity contribution in [1.82, 2.24) is 0 Å². The fraction of sp³-hybridized carbons (Fsp3) is 0.0196. The van der Waals surface area contributed by atoms with E-state index < -0.39 is 5.41 Å². The summed E-state index contributed by atoms with van der Waals surface area (Å²) < 4.78 is 0. The third-order valence-electron chi connectivity index (χ3n) is 10.9. The monoisotopic (exact) mass is 661 g/mol. The van der Waals surface area contributed by atoms with E-state index in [2.05, 4.69) is 217 Å². The molecule has 0 atom stereocenters. The number of benzene rings is 9. The van der Waals surface area contributed by atoms with Crippen LogP contribution in [-0.4, -0.2) is 0 Å². The molecule has 9 aromatic carbocycles. The first-order valence-corrected chi connectivity index (χ1v) is 18.0. The molecular weight excluding hydrogens is 627 g/mol. The number of nitrogens with zero attached hydrogens (tertiary/aromatic N) is 1. The fourth-order valence-electron chi connectivity index (χ4n) is 8.59. The van der Waals surface area contributed by atoms with E-state index in [1.165, 1.54) is 66.1 Å². The summed E-state index contributed by atoms with van der Waals surface area (Å²) in [5, 5.41) is 4.97. The molecule has 1 heteroatoms. The van der Waals surface area contributed by atoms with Gasteiger partial charge < -0.3 is 4.90 Å². The summed E-state index contributed by atoms with van der Waals surface area (Å²) in [6, 6.07) is 77.8. The average Bonchev–Trinajstić information content (AvgIpc) is 3.53. The van der Waals surface area contributed by atoms with E-state index in [9.17, 15) is 0 Å². The van der Waals surface area contributed by atoms with Gasteiger partial charge in [-0.2, -0.15) is 0 Å². The first-order chi connectivity index (χ1) is 25.8. The predicted octanol–water partition coefficient (Wildman–Crippen LogP) is 13.5. The average molecular weight is 662 g/mol. The standard InChI is InChI=1S/C51H35N/c1-4-14-36(15-5-1)38-24-28-43(29-25-38)52(44-30-26-37-16-10-11-18-40(37)34-44)45-31-33-48-47(35-45)50-46-23-13-12-17-39(46)27-32-49(50)51(48,41-19-6-2-7-20-41)42-21-8-3-9-22-42/h1-35H. The molecule has 0 aromatic heterocycles. The van der Waals surface area contributed by atoms with Crippen molar-refractivity contribution in [3.05, 3.63) is 235 Å². The lowest BCUT2D eigenvalue weighted by Crippen LogP contribution is -2.28. The maximum atomic E-state index is 2.44. The second-order valence-electron chi connectivity index (χ2n) is 13.7. The molecule has 0 bridgehead atoms. The van der Waals surface area contributed by atoms with Crippen molar-refractivity contribution in [2.75, 3.05) is 4.90 Å². The van der Waals surface area contributed by atoms with E-state index in [0.717, 1.165) is 17.1 Å². The molecule has 0 N–H and O–H groups in total. The minimum Gasteiger partial charge on any atom is -0.310 e. The van der Waals surface area contributed by atoms with E-state index in [1.807, 2.05) is 0 Å². The first-order valence-electron chi connectivity index (χ1n) is 18.0. The van der Waals surface area contributed by atoms with Gasteiger partial charge in [0.15, 0.2) is 0 Å².